The van der Waals surface area contributed by atoms with E-state index in [2.05, 4.69) is 0 Å². The van der Waals surface area contributed by atoms with Crippen LogP contribution in [0.2, 0.25) is 0 Å². The number of ether oxygens (including phenoxy) is 4. The zero-order valence-corrected chi connectivity index (χ0v) is 18.1. The maximum Gasteiger partial charge on any atom is 0.328 e. The number of cyclic esters (lactones) is 2. The Labute approximate surface area is 181 Å². The molecule has 2 atom stereocenters. The van der Waals surface area contributed by atoms with Gasteiger partial charge in [0.05, 0.1) is 14.2 Å². The smallest absolute Gasteiger partial charge is 0.328 e. The summed E-state index contributed by atoms with van der Waals surface area (Å²) in [6.45, 7) is 3.13. The van der Waals surface area contributed by atoms with E-state index in [1.807, 2.05) is 48.6 Å². The molecule has 162 valence electrons. The fraction of sp³-hybridized carbons (Fsp3) is 0.360. The van der Waals surface area contributed by atoms with Crippen LogP contribution in [0.1, 0.15) is 43.2 Å². The molecule has 6 heteroatoms. The predicted octanol–water partition coefficient (Wildman–Crippen LogP) is 4.35. The zero-order chi connectivity index (χ0) is 22.2. The lowest BCUT2D eigenvalue weighted by molar-refractivity contribution is -0.254. The highest BCUT2D eigenvalue weighted by molar-refractivity contribution is 6.04. The second-order valence-corrected chi connectivity index (χ2v) is 8.27. The van der Waals surface area contributed by atoms with Crippen LogP contribution < -0.4 is 9.47 Å². The molecule has 1 spiro atoms. The van der Waals surface area contributed by atoms with Crippen LogP contribution in [0.5, 0.6) is 11.5 Å². The van der Waals surface area contributed by atoms with Gasteiger partial charge in [-0.15, -0.1) is 0 Å². The summed E-state index contributed by atoms with van der Waals surface area (Å²) in [5, 5.41) is 0. The first-order valence-electron chi connectivity index (χ1n) is 10.2. The zero-order valence-electron chi connectivity index (χ0n) is 18.1. The van der Waals surface area contributed by atoms with Crippen LogP contribution in [0.4, 0.5) is 0 Å². The molecule has 0 bridgehead atoms. The lowest BCUT2D eigenvalue weighted by Crippen LogP contribution is -2.59. The maximum atomic E-state index is 13.6. The summed E-state index contributed by atoms with van der Waals surface area (Å²) in [5.74, 6) is -2.42. The normalized spacial score (nSPS) is 23.7. The second-order valence-electron chi connectivity index (χ2n) is 8.27. The maximum absolute atomic E-state index is 13.6. The van der Waals surface area contributed by atoms with Gasteiger partial charge in [-0.25, -0.2) is 0 Å². The molecule has 1 aliphatic heterocycles. The highest BCUT2D eigenvalue weighted by atomic mass is 16.7. The second kappa shape index (κ2) is 7.76. The first-order chi connectivity index (χ1) is 14.8. The van der Waals surface area contributed by atoms with Crippen molar-refractivity contribution in [2.75, 3.05) is 14.2 Å². The number of carbonyl (C=O) groups is 2. The topological polar surface area (TPSA) is 71.1 Å². The molecule has 4 rings (SSSR count). The molecule has 0 N–H and O–H groups in total. The highest BCUT2D eigenvalue weighted by Crippen LogP contribution is 2.56. The molecule has 0 unspecified atom stereocenters. The van der Waals surface area contributed by atoms with Crippen LogP contribution >= 0.6 is 0 Å². The number of hydrogen-bond donors (Lipinski definition) is 0. The van der Waals surface area contributed by atoms with Crippen molar-refractivity contribution in [3.05, 3.63) is 71.8 Å². The van der Waals surface area contributed by atoms with Crippen molar-refractivity contribution in [1.82, 2.24) is 0 Å². The molecular formula is C25H26O6. The monoisotopic (exact) mass is 422 g/mol. The number of esters is 2. The van der Waals surface area contributed by atoms with Gasteiger partial charge in [-0.3, -0.25) is 9.59 Å². The predicted molar refractivity (Wildman–Crippen MR) is 114 cm³/mol. The van der Waals surface area contributed by atoms with Gasteiger partial charge < -0.3 is 18.9 Å². The van der Waals surface area contributed by atoms with Crippen molar-refractivity contribution in [3.63, 3.8) is 0 Å². The fourth-order valence-corrected chi connectivity index (χ4v) is 4.67. The van der Waals surface area contributed by atoms with Gasteiger partial charge in [0.1, 0.15) is 0 Å². The van der Waals surface area contributed by atoms with Crippen LogP contribution in [0.15, 0.2) is 60.7 Å². The first kappa shape index (κ1) is 21.0. The van der Waals surface area contributed by atoms with Crippen LogP contribution in [-0.2, 0) is 19.1 Å². The van der Waals surface area contributed by atoms with Crippen molar-refractivity contribution in [3.8, 4) is 11.5 Å². The molecule has 1 saturated heterocycles. The molecule has 2 aliphatic rings. The van der Waals surface area contributed by atoms with Gasteiger partial charge in [0.15, 0.2) is 16.9 Å². The molecule has 0 aromatic heterocycles. The summed E-state index contributed by atoms with van der Waals surface area (Å²) in [6, 6.07) is 15.0. The van der Waals surface area contributed by atoms with Gasteiger partial charge in [0.25, 0.3) is 5.79 Å². The van der Waals surface area contributed by atoms with Gasteiger partial charge in [0, 0.05) is 25.7 Å². The SMILES string of the molecule is COc1ccc([C@H]2C=CC[C@@H](c3ccccc3)C23C(=O)OC(C)(C)OC3=O)cc1OC. The quantitative estimate of drug-likeness (QED) is 0.414. The van der Waals surface area contributed by atoms with Crippen molar-refractivity contribution in [2.24, 2.45) is 5.41 Å². The molecule has 1 fully saturated rings. The van der Waals surface area contributed by atoms with Gasteiger partial charge in [-0.1, -0.05) is 48.6 Å². The van der Waals surface area contributed by atoms with E-state index >= 15 is 0 Å². The van der Waals surface area contributed by atoms with Crippen molar-refractivity contribution >= 4 is 11.9 Å². The van der Waals surface area contributed by atoms with Crippen LogP contribution in [0.25, 0.3) is 0 Å². The standard InChI is InChI=1S/C25H26O6/c1-24(2)30-22(26)25(23(27)31-24)18(16-9-6-5-7-10-16)11-8-12-19(25)17-13-14-20(28-3)21(15-17)29-4/h5-10,12-15,18-19H,11H2,1-4H3/t18-,19+/m0/s1. The van der Waals surface area contributed by atoms with E-state index in [9.17, 15) is 9.59 Å². The Morgan fingerprint density at radius 2 is 1.52 bits per heavy atom. The minimum Gasteiger partial charge on any atom is -0.493 e. The Balaban J connectivity index is 1.92. The van der Waals surface area contributed by atoms with E-state index in [1.54, 1.807) is 40.2 Å². The molecular weight excluding hydrogens is 396 g/mol. The molecule has 1 heterocycles. The van der Waals surface area contributed by atoms with Gasteiger partial charge in [0.2, 0.25) is 0 Å². The number of benzene rings is 2. The van der Waals surface area contributed by atoms with E-state index in [1.165, 1.54) is 0 Å². The van der Waals surface area contributed by atoms with Gasteiger partial charge in [-0.05, 0) is 29.7 Å². The van der Waals surface area contributed by atoms with E-state index < -0.39 is 35.0 Å². The number of rotatable bonds is 4. The lowest BCUT2D eigenvalue weighted by atomic mass is 9.58. The third kappa shape index (κ3) is 3.36. The number of carbonyl (C=O) groups excluding carboxylic acids is 2. The van der Waals surface area contributed by atoms with Crippen molar-refractivity contribution in [2.45, 2.75) is 37.9 Å². The Morgan fingerprint density at radius 3 is 2.13 bits per heavy atom. The Morgan fingerprint density at radius 1 is 0.871 bits per heavy atom. The first-order valence-corrected chi connectivity index (χ1v) is 10.2. The van der Waals surface area contributed by atoms with Crippen LogP contribution in [0.3, 0.4) is 0 Å². The highest BCUT2D eigenvalue weighted by Gasteiger charge is 2.65. The van der Waals surface area contributed by atoms with Crippen LogP contribution in [0, 0.1) is 5.41 Å². The van der Waals surface area contributed by atoms with E-state index in [0.29, 0.717) is 17.9 Å². The minimum atomic E-state index is -1.55. The molecule has 31 heavy (non-hydrogen) atoms. The summed E-state index contributed by atoms with van der Waals surface area (Å²) in [5.41, 5.74) is 0.0691. The molecule has 2 aromatic carbocycles. The van der Waals surface area contributed by atoms with E-state index in [4.69, 9.17) is 18.9 Å². The molecule has 2 aromatic rings. The van der Waals surface area contributed by atoms with Gasteiger partial charge in [-0.2, -0.15) is 0 Å². The van der Waals surface area contributed by atoms with E-state index in [-0.39, 0.29) is 0 Å². The molecule has 0 amide bonds. The van der Waals surface area contributed by atoms with Crippen LogP contribution in [-0.4, -0.2) is 31.9 Å². The molecule has 6 nitrogen and oxygen atoms in total. The molecule has 0 radical (unpaired) electrons. The van der Waals surface area contributed by atoms with Crippen molar-refractivity contribution in [1.29, 1.82) is 0 Å². The summed E-state index contributed by atoms with van der Waals surface area (Å²) in [7, 11) is 3.11. The third-order valence-corrected chi connectivity index (χ3v) is 6.06. The molecule has 0 saturated carbocycles. The fourth-order valence-electron chi connectivity index (χ4n) is 4.67. The van der Waals surface area contributed by atoms with E-state index in [0.717, 1.165) is 11.1 Å². The summed E-state index contributed by atoms with van der Waals surface area (Å²) in [4.78, 5) is 27.3. The largest absolute Gasteiger partial charge is 0.493 e. The van der Waals surface area contributed by atoms with Gasteiger partial charge >= 0.3 is 11.9 Å². The Hall–Kier alpha value is -3.28. The summed E-state index contributed by atoms with van der Waals surface area (Å²) < 4.78 is 22.2. The average molecular weight is 422 g/mol. The number of hydrogen-bond acceptors (Lipinski definition) is 6. The Kier molecular flexibility index (Phi) is 5.25. The number of methoxy groups -OCH3 is 2. The molecule has 1 aliphatic carbocycles. The summed E-state index contributed by atoms with van der Waals surface area (Å²) >= 11 is 0. The third-order valence-electron chi connectivity index (χ3n) is 6.06. The summed E-state index contributed by atoms with van der Waals surface area (Å²) in [6.07, 6.45) is 4.41. The average Bonchev–Trinajstić information content (AvgIpc) is 2.76. The van der Waals surface area contributed by atoms with Crippen molar-refractivity contribution < 1.29 is 28.5 Å². The number of allylic oxidation sites excluding steroid dienone is 2. The Bertz CT molecular complexity index is 1000. The lowest BCUT2D eigenvalue weighted by Gasteiger charge is -2.48. The minimum absolute atomic E-state index is 0.437.